The molecule has 1 aliphatic heterocycles. The van der Waals surface area contributed by atoms with Crippen molar-refractivity contribution < 1.29 is 8.42 Å². The molecular formula is C13H19NO2S. The molecule has 0 saturated carbocycles. The highest BCUT2D eigenvalue weighted by Gasteiger charge is 2.23. The Hall–Kier alpha value is -0.870. The van der Waals surface area contributed by atoms with E-state index >= 15 is 0 Å². The fraction of sp³-hybridized carbons (Fsp3) is 0.538. The normalized spacial score (nSPS) is 19.6. The van der Waals surface area contributed by atoms with Gasteiger partial charge in [0, 0.05) is 6.04 Å². The number of hydrogen-bond donors (Lipinski definition) is 1. The molecule has 2 N–H and O–H groups in total. The van der Waals surface area contributed by atoms with Gasteiger partial charge in [0.05, 0.1) is 10.6 Å². The minimum Gasteiger partial charge on any atom is -0.328 e. The van der Waals surface area contributed by atoms with E-state index < -0.39 is 9.84 Å². The van der Waals surface area contributed by atoms with Crippen molar-refractivity contribution in [1.29, 1.82) is 0 Å². The molecule has 3 nitrogen and oxygen atoms in total. The van der Waals surface area contributed by atoms with Crippen molar-refractivity contribution in [3.63, 3.8) is 0 Å². The second-order valence-electron chi connectivity index (χ2n) is 4.88. The van der Waals surface area contributed by atoms with Crippen LogP contribution >= 0.6 is 0 Å². The molecule has 17 heavy (non-hydrogen) atoms. The van der Waals surface area contributed by atoms with E-state index in [0.717, 1.165) is 31.2 Å². The molecule has 2 rings (SSSR count). The first kappa shape index (κ1) is 12.6. The Morgan fingerprint density at radius 1 is 1.41 bits per heavy atom. The zero-order valence-electron chi connectivity index (χ0n) is 10.1. The minimum absolute atomic E-state index is 0.190. The van der Waals surface area contributed by atoms with Crippen LogP contribution in [0.1, 0.15) is 30.9 Å². The first-order valence-corrected chi connectivity index (χ1v) is 7.74. The van der Waals surface area contributed by atoms with Crippen molar-refractivity contribution in [1.82, 2.24) is 0 Å². The van der Waals surface area contributed by atoms with Crippen molar-refractivity contribution in [2.75, 3.05) is 5.75 Å². The molecule has 1 heterocycles. The van der Waals surface area contributed by atoms with Gasteiger partial charge in [-0.1, -0.05) is 12.1 Å². The zero-order valence-corrected chi connectivity index (χ0v) is 11.0. The summed E-state index contributed by atoms with van der Waals surface area (Å²) in [6.07, 6.45) is 3.48. The first-order valence-electron chi connectivity index (χ1n) is 6.09. The molecule has 94 valence electrons. The van der Waals surface area contributed by atoms with Crippen LogP contribution in [-0.4, -0.2) is 20.2 Å². The number of fused-ring (bicyclic) bond motifs is 1. The lowest BCUT2D eigenvalue weighted by Gasteiger charge is -2.17. The van der Waals surface area contributed by atoms with Crippen LogP contribution in [0.3, 0.4) is 0 Å². The molecule has 1 aromatic carbocycles. The van der Waals surface area contributed by atoms with Crippen molar-refractivity contribution in [2.45, 2.75) is 43.5 Å². The molecule has 0 bridgehead atoms. The fourth-order valence-corrected chi connectivity index (χ4v) is 3.82. The molecule has 0 saturated heterocycles. The average molecular weight is 253 g/mol. The van der Waals surface area contributed by atoms with Gasteiger partial charge in [-0.25, -0.2) is 8.42 Å². The maximum Gasteiger partial charge on any atom is 0.178 e. The van der Waals surface area contributed by atoms with Crippen LogP contribution in [0.2, 0.25) is 0 Å². The molecule has 0 spiro atoms. The molecule has 4 heteroatoms. The quantitative estimate of drug-likeness (QED) is 0.891. The maximum absolute atomic E-state index is 11.8. The van der Waals surface area contributed by atoms with Crippen LogP contribution in [0.15, 0.2) is 23.1 Å². The molecule has 0 radical (unpaired) electrons. The molecular weight excluding hydrogens is 234 g/mol. The van der Waals surface area contributed by atoms with Crippen molar-refractivity contribution in [3.8, 4) is 0 Å². The monoisotopic (exact) mass is 253 g/mol. The van der Waals surface area contributed by atoms with E-state index in [9.17, 15) is 8.42 Å². The lowest BCUT2D eigenvalue weighted by atomic mass is 10.0. The van der Waals surface area contributed by atoms with Crippen LogP contribution < -0.4 is 5.73 Å². The van der Waals surface area contributed by atoms with Gasteiger partial charge in [-0.3, -0.25) is 0 Å². The molecule has 1 aromatic rings. The molecule has 0 amide bonds. The van der Waals surface area contributed by atoms with Gasteiger partial charge in [0.2, 0.25) is 0 Å². The van der Waals surface area contributed by atoms with Crippen LogP contribution in [-0.2, 0) is 22.7 Å². The number of rotatable bonds is 3. The summed E-state index contributed by atoms with van der Waals surface area (Å²) in [6.45, 7) is 1.99. The second kappa shape index (κ2) is 4.78. The van der Waals surface area contributed by atoms with Crippen LogP contribution in [0.5, 0.6) is 0 Å². The second-order valence-corrected chi connectivity index (χ2v) is 6.96. The summed E-state index contributed by atoms with van der Waals surface area (Å²) < 4.78 is 23.7. The van der Waals surface area contributed by atoms with E-state index in [4.69, 9.17) is 5.73 Å². The van der Waals surface area contributed by atoms with Gasteiger partial charge < -0.3 is 5.73 Å². The van der Waals surface area contributed by atoms with Gasteiger partial charge in [0.1, 0.15) is 0 Å². The van der Waals surface area contributed by atoms with E-state index in [1.54, 1.807) is 6.07 Å². The number of benzene rings is 1. The average Bonchev–Trinajstić information content (AvgIpc) is 2.25. The minimum atomic E-state index is -3.01. The SMILES string of the molecule is CC(N)CCc1ccc2c(c1)CCCS2(=O)=O. The van der Waals surface area contributed by atoms with Gasteiger partial charge >= 0.3 is 0 Å². The summed E-state index contributed by atoms with van der Waals surface area (Å²) in [7, 11) is -3.01. The summed E-state index contributed by atoms with van der Waals surface area (Å²) in [5.74, 6) is 0.291. The third-order valence-corrected chi connectivity index (χ3v) is 5.10. The van der Waals surface area contributed by atoms with Crippen LogP contribution in [0, 0.1) is 0 Å². The third kappa shape index (κ3) is 2.87. The molecule has 0 fully saturated rings. The molecule has 0 aromatic heterocycles. The van der Waals surface area contributed by atoms with Crippen LogP contribution in [0.4, 0.5) is 0 Å². The van der Waals surface area contributed by atoms with Gasteiger partial charge in [-0.15, -0.1) is 0 Å². The highest BCUT2D eigenvalue weighted by Crippen LogP contribution is 2.26. The van der Waals surface area contributed by atoms with Gasteiger partial charge in [0.25, 0.3) is 0 Å². The number of sulfone groups is 1. The first-order chi connectivity index (χ1) is 7.99. The van der Waals surface area contributed by atoms with E-state index in [0.29, 0.717) is 10.6 Å². The summed E-state index contributed by atoms with van der Waals surface area (Å²) >= 11 is 0. The summed E-state index contributed by atoms with van der Waals surface area (Å²) in [5, 5.41) is 0. The topological polar surface area (TPSA) is 60.2 Å². The molecule has 1 unspecified atom stereocenters. The molecule has 1 atom stereocenters. The van der Waals surface area contributed by atoms with E-state index in [1.165, 1.54) is 5.56 Å². The Morgan fingerprint density at radius 3 is 2.88 bits per heavy atom. The van der Waals surface area contributed by atoms with E-state index in [1.807, 2.05) is 19.1 Å². The maximum atomic E-state index is 11.8. The Bertz CT molecular complexity index is 506. The van der Waals surface area contributed by atoms with Crippen molar-refractivity contribution >= 4 is 9.84 Å². The largest absolute Gasteiger partial charge is 0.328 e. The Morgan fingerprint density at radius 2 is 2.18 bits per heavy atom. The predicted octanol–water partition coefficient (Wildman–Crippen LogP) is 1.69. The number of nitrogens with two attached hydrogens (primary N) is 1. The Kier molecular flexibility index (Phi) is 3.54. The lowest BCUT2D eigenvalue weighted by Crippen LogP contribution is -2.17. The summed E-state index contributed by atoms with van der Waals surface area (Å²) in [6, 6.07) is 5.91. The summed E-state index contributed by atoms with van der Waals surface area (Å²) in [5.41, 5.74) is 7.90. The predicted molar refractivity (Wildman–Crippen MR) is 68.8 cm³/mol. The smallest absolute Gasteiger partial charge is 0.178 e. The fourth-order valence-electron chi connectivity index (χ4n) is 2.24. The van der Waals surface area contributed by atoms with Crippen molar-refractivity contribution in [3.05, 3.63) is 29.3 Å². The van der Waals surface area contributed by atoms with Gasteiger partial charge in [-0.2, -0.15) is 0 Å². The van der Waals surface area contributed by atoms with Crippen molar-refractivity contribution in [2.24, 2.45) is 5.73 Å². The standard InChI is InChI=1S/C13H19NO2S/c1-10(14)4-5-11-6-7-13-12(9-11)3-2-8-17(13,15)16/h6-7,9-10H,2-5,8,14H2,1H3. The van der Waals surface area contributed by atoms with Crippen LogP contribution in [0.25, 0.3) is 0 Å². The third-order valence-electron chi connectivity index (χ3n) is 3.21. The lowest BCUT2D eigenvalue weighted by molar-refractivity contribution is 0.586. The highest BCUT2D eigenvalue weighted by atomic mass is 32.2. The number of aryl methyl sites for hydroxylation is 2. The van der Waals surface area contributed by atoms with Gasteiger partial charge in [0.15, 0.2) is 9.84 Å². The van der Waals surface area contributed by atoms with Gasteiger partial charge in [-0.05, 0) is 49.8 Å². The Balaban J connectivity index is 2.26. The molecule has 1 aliphatic rings. The summed E-state index contributed by atoms with van der Waals surface area (Å²) in [4.78, 5) is 0.535. The van der Waals surface area contributed by atoms with E-state index in [2.05, 4.69) is 0 Å². The molecule has 0 aliphatic carbocycles. The zero-order chi connectivity index (χ0) is 12.5. The Labute approximate surface area is 103 Å². The van der Waals surface area contributed by atoms with E-state index in [-0.39, 0.29) is 6.04 Å². The number of hydrogen-bond acceptors (Lipinski definition) is 3. The highest BCUT2D eigenvalue weighted by molar-refractivity contribution is 7.91.